The van der Waals surface area contributed by atoms with Gasteiger partial charge in [-0.1, -0.05) is 6.42 Å². The van der Waals surface area contributed by atoms with Crippen LogP contribution in [0.15, 0.2) is 0 Å². The van der Waals surface area contributed by atoms with E-state index in [4.69, 9.17) is 5.73 Å². The fraction of sp³-hybridized carbons (Fsp3) is 0.938. The number of rotatable bonds is 3. The predicted molar refractivity (Wildman–Crippen MR) is 81.5 cm³/mol. The van der Waals surface area contributed by atoms with E-state index in [2.05, 4.69) is 5.32 Å². The van der Waals surface area contributed by atoms with Gasteiger partial charge in [0.25, 0.3) is 0 Å². The van der Waals surface area contributed by atoms with Gasteiger partial charge in [0.2, 0.25) is 5.91 Å². The average Bonchev–Trinajstić information content (AvgIpc) is 3.23. The molecule has 0 aliphatic heterocycles. The molecule has 4 unspecified atom stereocenters. The highest BCUT2D eigenvalue weighted by atomic mass is 35.5. The summed E-state index contributed by atoms with van der Waals surface area (Å²) in [6, 6.07) is 0.824. The summed E-state index contributed by atoms with van der Waals surface area (Å²) < 4.78 is 0. The number of carbonyl (C=O) groups excluding carboxylic acids is 1. The van der Waals surface area contributed by atoms with Gasteiger partial charge in [0.1, 0.15) is 0 Å². The van der Waals surface area contributed by atoms with E-state index in [-0.39, 0.29) is 12.4 Å². The van der Waals surface area contributed by atoms with E-state index < -0.39 is 0 Å². The minimum Gasteiger partial charge on any atom is -0.353 e. The lowest BCUT2D eigenvalue weighted by Gasteiger charge is -2.45. The minimum absolute atomic E-state index is 0. The highest BCUT2D eigenvalue weighted by Gasteiger charge is 2.52. The summed E-state index contributed by atoms with van der Waals surface area (Å²) in [5, 5.41) is 3.42. The van der Waals surface area contributed by atoms with Crippen LogP contribution in [0, 0.1) is 29.6 Å². The molecular weight excluding hydrogens is 272 g/mol. The quantitative estimate of drug-likeness (QED) is 0.841. The Kier molecular flexibility index (Phi) is 4.02. The molecular formula is C16H27ClN2O. The van der Waals surface area contributed by atoms with Crippen LogP contribution in [-0.2, 0) is 4.79 Å². The van der Waals surface area contributed by atoms with E-state index in [1.165, 1.54) is 32.1 Å². The largest absolute Gasteiger partial charge is 0.353 e. The van der Waals surface area contributed by atoms with E-state index in [0.717, 1.165) is 31.1 Å². The lowest BCUT2D eigenvalue weighted by Crippen LogP contribution is -2.54. The van der Waals surface area contributed by atoms with Gasteiger partial charge in [-0.15, -0.1) is 12.4 Å². The van der Waals surface area contributed by atoms with Crippen LogP contribution in [0.1, 0.15) is 51.4 Å². The lowest BCUT2D eigenvalue weighted by molar-refractivity contribution is -0.125. The third-order valence-electron chi connectivity index (χ3n) is 6.09. The molecule has 0 aromatic heterocycles. The van der Waals surface area contributed by atoms with Crippen LogP contribution in [0.5, 0.6) is 0 Å². The van der Waals surface area contributed by atoms with E-state index in [9.17, 15) is 4.79 Å². The number of amides is 1. The van der Waals surface area contributed by atoms with Crippen molar-refractivity contribution in [3.63, 3.8) is 0 Å². The second-order valence-corrected chi connectivity index (χ2v) is 7.56. The second kappa shape index (κ2) is 5.49. The minimum atomic E-state index is 0. The van der Waals surface area contributed by atoms with Crippen LogP contribution < -0.4 is 11.1 Å². The zero-order valence-corrected chi connectivity index (χ0v) is 12.9. The van der Waals surface area contributed by atoms with Gasteiger partial charge >= 0.3 is 0 Å². The number of fused-ring (bicyclic) bond motifs is 2. The van der Waals surface area contributed by atoms with Crippen LogP contribution in [0.4, 0.5) is 0 Å². The number of hydrogen-bond donors (Lipinski definition) is 2. The third-order valence-corrected chi connectivity index (χ3v) is 6.09. The lowest BCUT2D eigenvalue weighted by atomic mass is 9.67. The zero-order chi connectivity index (χ0) is 13.0. The second-order valence-electron chi connectivity index (χ2n) is 7.56. The Morgan fingerprint density at radius 3 is 2.20 bits per heavy atom. The van der Waals surface area contributed by atoms with Crippen LogP contribution in [0.3, 0.4) is 0 Å². The molecule has 0 radical (unpaired) electrons. The fourth-order valence-electron chi connectivity index (χ4n) is 4.86. The Balaban J connectivity index is 0.00000121. The molecule has 4 aliphatic carbocycles. The van der Waals surface area contributed by atoms with E-state index in [0.29, 0.717) is 35.7 Å². The highest BCUT2D eigenvalue weighted by Crippen LogP contribution is 2.54. The first-order valence-electron chi connectivity index (χ1n) is 8.28. The molecule has 2 bridgehead atoms. The van der Waals surface area contributed by atoms with Crippen molar-refractivity contribution >= 4 is 18.3 Å². The summed E-state index contributed by atoms with van der Waals surface area (Å²) in [7, 11) is 0. The van der Waals surface area contributed by atoms with Gasteiger partial charge in [-0.3, -0.25) is 4.79 Å². The Bertz CT molecular complexity index is 371. The molecule has 114 valence electrons. The maximum atomic E-state index is 12.4. The Morgan fingerprint density at radius 1 is 0.950 bits per heavy atom. The van der Waals surface area contributed by atoms with Crippen LogP contribution >= 0.6 is 12.4 Å². The first kappa shape index (κ1) is 14.6. The summed E-state index contributed by atoms with van der Waals surface area (Å²) >= 11 is 0. The van der Waals surface area contributed by atoms with Crippen molar-refractivity contribution in [3.8, 4) is 0 Å². The number of nitrogens with one attached hydrogen (secondary N) is 1. The van der Waals surface area contributed by atoms with Crippen molar-refractivity contribution in [1.82, 2.24) is 5.32 Å². The molecule has 0 aromatic carbocycles. The molecule has 4 saturated carbocycles. The zero-order valence-electron chi connectivity index (χ0n) is 12.1. The molecule has 0 heterocycles. The summed E-state index contributed by atoms with van der Waals surface area (Å²) in [6.45, 7) is 0. The van der Waals surface area contributed by atoms with Crippen LogP contribution in [0.2, 0.25) is 0 Å². The molecule has 0 spiro atoms. The predicted octanol–water partition coefficient (Wildman–Crippen LogP) is 2.48. The molecule has 4 heteroatoms. The molecule has 3 N–H and O–H groups in total. The molecule has 4 aliphatic rings. The van der Waals surface area contributed by atoms with Crippen molar-refractivity contribution in [2.24, 2.45) is 35.3 Å². The van der Waals surface area contributed by atoms with Crippen molar-refractivity contribution in [1.29, 1.82) is 0 Å². The summed E-state index contributed by atoms with van der Waals surface area (Å²) in [4.78, 5) is 12.4. The monoisotopic (exact) mass is 298 g/mol. The Hall–Kier alpha value is -0.280. The van der Waals surface area contributed by atoms with Crippen molar-refractivity contribution < 1.29 is 4.79 Å². The molecule has 0 aromatic rings. The van der Waals surface area contributed by atoms with Gasteiger partial charge in [-0.2, -0.15) is 0 Å². The topological polar surface area (TPSA) is 55.1 Å². The van der Waals surface area contributed by atoms with E-state index >= 15 is 0 Å². The van der Waals surface area contributed by atoms with E-state index in [1.807, 2.05) is 0 Å². The van der Waals surface area contributed by atoms with Crippen molar-refractivity contribution in [3.05, 3.63) is 0 Å². The molecule has 4 fully saturated rings. The Morgan fingerprint density at radius 2 is 1.60 bits per heavy atom. The summed E-state index contributed by atoms with van der Waals surface area (Å²) in [5.41, 5.74) is 6.15. The maximum Gasteiger partial charge on any atom is 0.223 e. The van der Waals surface area contributed by atoms with Crippen LogP contribution in [-0.4, -0.2) is 18.0 Å². The average molecular weight is 299 g/mol. The summed E-state index contributed by atoms with van der Waals surface area (Å²) in [5.74, 6) is 3.69. The standard InChI is InChI=1S/C16H26N2O.ClH/c17-12-6-10-2-1-3-11(7-12)15(10)18-16(19)14-8-13(14)9-4-5-9;/h9-15H,1-8,17H2,(H,18,19);1H. The SMILES string of the molecule is Cl.NC1CC2CCCC(C1)C2NC(=O)C1CC1C1CC1. The van der Waals surface area contributed by atoms with Crippen LogP contribution in [0.25, 0.3) is 0 Å². The highest BCUT2D eigenvalue weighted by molar-refractivity contribution is 5.85. The number of nitrogens with two attached hydrogens (primary N) is 1. The number of halogens is 1. The Labute approximate surface area is 127 Å². The fourth-order valence-corrected chi connectivity index (χ4v) is 4.86. The molecule has 0 saturated heterocycles. The van der Waals surface area contributed by atoms with Gasteiger partial charge in [0, 0.05) is 18.0 Å². The van der Waals surface area contributed by atoms with Gasteiger partial charge in [0.05, 0.1) is 0 Å². The molecule has 3 nitrogen and oxygen atoms in total. The molecule has 4 rings (SSSR count). The smallest absolute Gasteiger partial charge is 0.223 e. The van der Waals surface area contributed by atoms with E-state index in [1.54, 1.807) is 0 Å². The van der Waals surface area contributed by atoms with Gasteiger partial charge in [-0.05, 0) is 68.6 Å². The first-order valence-corrected chi connectivity index (χ1v) is 8.28. The van der Waals surface area contributed by atoms with Crippen molar-refractivity contribution in [2.75, 3.05) is 0 Å². The third kappa shape index (κ3) is 2.71. The number of carbonyl (C=O) groups is 1. The number of hydrogen-bond acceptors (Lipinski definition) is 2. The van der Waals surface area contributed by atoms with Crippen molar-refractivity contribution in [2.45, 2.75) is 63.5 Å². The van der Waals surface area contributed by atoms with Gasteiger partial charge in [-0.25, -0.2) is 0 Å². The normalized spacial score (nSPS) is 46.2. The molecule has 1 amide bonds. The maximum absolute atomic E-state index is 12.4. The molecule has 20 heavy (non-hydrogen) atoms. The van der Waals surface area contributed by atoms with Gasteiger partial charge < -0.3 is 11.1 Å². The molecule has 4 atom stereocenters. The van der Waals surface area contributed by atoms with Gasteiger partial charge in [0.15, 0.2) is 0 Å². The summed E-state index contributed by atoms with van der Waals surface area (Å²) in [6.07, 6.45) is 10.0. The first-order chi connectivity index (χ1) is 9.22.